The summed E-state index contributed by atoms with van der Waals surface area (Å²) in [5, 5.41) is 15.3. The number of aromatic nitrogens is 2. The lowest BCUT2D eigenvalue weighted by molar-refractivity contribution is 0.107. The van der Waals surface area contributed by atoms with Crippen LogP contribution in [0.15, 0.2) is 36.4 Å². The van der Waals surface area contributed by atoms with E-state index in [1.807, 2.05) is 0 Å². The van der Waals surface area contributed by atoms with Gasteiger partial charge in [0.25, 0.3) is 0 Å². The predicted octanol–water partition coefficient (Wildman–Crippen LogP) is 4.92. The van der Waals surface area contributed by atoms with Gasteiger partial charge in [-0.3, -0.25) is 4.90 Å². The number of phenolic OH excluding ortho intramolecular Hbond substituents is 1. The minimum absolute atomic E-state index is 0.0107. The average Bonchev–Trinajstić information content (AvgIpc) is 3.52. The zero-order chi connectivity index (χ0) is 29.5. The van der Waals surface area contributed by atoms with E-state index in [4.69, 9.17) is 16.1 Å². The fourth-order valence-corrected chi connectivity index (χ4v) is 7.85. The number of anilines is 1. The minimum atomic E-state index is -0.903. The molecule has 0 saturated carbocycles. The lowest BCUT2D eigenvalue weighted by Crippen LogP contribution is -2.68. The quantitative estimate of drug-likeness (QED) is 0.322. The molecule has 8 rings (SSSR count). The molecule has 0 aliphatic carbocycles. The third kappa shape index (κ3) is 4.05. The second-order valence-corrected chi connectivity index (χ2v) is 12.3. The zero-order valence-electron chi connectivity index (χ0n) is 23.4. The Bertz CT molecular complexity index is 1830. The minimum Gasteiger partial charge on any atom is -0.508 e. The van der Waals surface area contributed by atoms with E-state index in [1.165, 1.54) is 24.3 Å². The highest BCUT2D eigenvalue weighted by atomic mass is 19.1. The summed E-state index contributed by atoms with van der Waals surface area (Å²) in [5.74, 6) is 1.62. The summed E-state index contributed by atoms with van der Waals surface area (Å²) in [4.78, 5) is 13.7. The van der Waals surface area contributed by atoms with Gasteiger partial charge in [-0.1, -0.05) is 18.1 Å². The molecule has 2 N–H and O–H groups in total. The number of aromatic hydroxyl groups is 1. The number of piperidine rings is 1. The average molecular weight is 586 g/mol. The number of phenols is 1. The summed E-state index contributed by atoms with van der Waals surface area (Å²) in [5.41, 5.74) is 0.0127. The molecule has 4 aromatic rings. The summed E-state index contributed by atoms with van der Waals surface area (Å²) in [6, 6.07) is 9.44. The maximum atomic E-state index is 16.7. The van der Waals surface area contributed by atoms with Crippen LogP contribution in [0.25, 0.3) is 32.8 Å². The van der Waals surface area contributed by atoms with E-state index in [0.717, 1.165) is 38.9 Å². The highest BCUT2D eigenvalue weighted by molar-refractivity contribution is 6.04. The number of hydrogen-bond acceptors (Lipinski definition) is 7. The molecule has 0 radical (unpaired) electrons. The Hall–Kier alpha value is -4.07. The lowest BCUT2D eigenvalue weighted by Gasteiger charge is -2.54. The van der Waals surface area contributed by atoms with Crippen LogP contribution in [0.3, 0.4) is 0 Å². The van der Waals surface area contributed by atoms with E-state index < -0.39 is 23.3 Å². The number of benzene rings is 3. The van der Waals surface area contributed by atoms with Crippen LogP contribution in [-0.2, 0) is 0 Å². The normalized spacial score (nSPS) is 26.5. The third-order valence-corrected chi connectivity index (χ3v) is 9.82. The number of terminal acetylenes is 1. The maximum absolute atomic E-state index is 16.7. The number of piperazine rings is 1. The number of halogens is 3. The Balaban J connectivity index is 1.28. The van der Waals surface area contributed by atoms with Gasteiger partial charge in [-0.15, -0.1) is 6.42 Å². The SMILES string of the molecule is C#Cc1c(F)ccc2cc(O)cc(-c3ccc4c(N5C6CNCC5C6)nc(OC[C@@]56CCCN5C[C@H](F)C6)nc4c3F)c12. The van der Waals surface area contributed by atoms with E-state index in [1.54, 1.807) is 12.1 Å². The number of nitrogens with one attached hydrogen (secondary N) is 1. The molecule has 2 bridgehead atoms. The number of nitrogens with zero attached hydrogens (tertiary/aromatic N) is 4. The maximum Gasteiger partial charge on any atom is 0.319 e. The van der Waals surface area contributed by atoms with Crippen LogP contribution < -0.4 is 15.0 Å². The molecule has 0 spiro atoms. The molecule has 0 amide bonds. The Morgan fingerprint density at radius 2 is 1.95 bits per heavy atom. The van der Waals surface area contributed by atoms with Crippen molar-refractivity contribution in [1.29, 1.82) is 0 Å². The largest absolute Gasteiger partial charge is 0.508 e. The van der Waals surface area contributed by atoms with Crippen molar-refractivity contribution in [3.05, 3.63) is 53.6 Å². The standard InChI is InChI=1S/C33H30F3N5O2/c1-2-23-27(35)7-4-18-10-22(42)12-26(28(18)23)24-5-6-25-30(29(24)36)38-32(39-31(25)41-20-11-21(41)15-37-14-20)43-17-33-8-3-9-40(33)16-19(34)13-33/h1,4-7,10,12,19-21,37,42H,3,8-9,11,13-17H2/t19-,20?,21?,33+/m1/s1. The van der Waals surface area contributed by atoms with E-state index in [-0.39, 0.29) is 52.7 Å². The highest BCUT2D eigenvalue weighted by Crippen LogP contribution is 2.44. The van der Waals surface area contributed by atoms with E-state index >= 15 is 4.39 Å². The second-order valence-electron chi connectivity index (χ2n) is 12.3. The fourth-order valence-electron chi connectivity index (χ4n) is 7.85. The van der Waals surface area contributed by atoms with Crippen LogP contribution in [0.2, 0.25) is 0 Å². The van der Waals surface area contributed by atoms with Crippen molar-refractivity contribution in [2.75, 3.05) is 37.7 Å². The molecular formula is C33H30F3N5O2. The molecule has 1 aromatic heterocycles. The molecule has 4 saturated heterocycles. The van der Waals surface area contributed by atoms with E-state index in [0.29, 0.717) is 34.9 Å². The lowest BCUT2D eigenvalue weighted by atomic mass is 9.88. The summed E-state index contributed by atoms with van der Waals surface area (Å²) in [6.45, 7) is 3.03. The molecule has 43 heavy (non-hydrogen) atoms. The van der Waals surface area contributed by atoms with Gasteiger partial charge < -0.3 is 20.1 Å². The molecule has 5 heterocycles. The monoisotopic (exact) mass is 585 g/mol. The van der Waals surface area contributed by atoms with Crippen LogP contribution in [0.1, 0.15) is 31.2 Å². The van der Waals surface area contributed by atoms with Crippen LogP contribution >= 0.6 is 0 Å². The van der Waals surface area contributed by atoms with Crippen molar-refractivity contribution in [3.63, 3.8) is 0 Å². The van der Waals surface area contributed by atoms with Gasteiger partial charge in [0.15, 0.2) is 5.82 Å². The number of rotatable bonds is 5. The number of hydrogen-bond donors (Lipinski definition) is 2. The summed E-state index contributed by atoms with van der Waals surface area (Å²) in [7, 11) is 0. The summed E-state index contributed by atoms with van der Waals surface area (Å²) in [6.07, 6.45) is 7.98. The summed E-state index contributed by atoms with van der Waals surface area (Å²) >= 11 is 0. The molecule has 3 aromatic carbocycles. The van der Waals surface area contributed by atoms with Crippen LogP contribution in [0, 0.1) is 24.0 Å². The molecule has 4 atom stereocenters. The van der Waals surface area contributed by atoms with Crippen molar-refractivity contribution in [3.8, 4) is 35.2 Å². The predicted molar refractivity (Wildman–Crippen MR) is 158 cm³/mol. The molecule has 7 nitrogen and oxygen atoms in total. The van der Waals surface area contributed by atoms with Crippen LogP contribution in [0.4, 0.5) is 19.0 Å². The van der Waals surface area contributed by atoms with Crippen molar-refractivity contribution < 1.29 is 23.0 Å². The van der Waals surface area contributed by atoms with Crippen molar-refractivity contribution >= 4 is 27.5 Å². The van der Waals surface area contributed by atoms with Gasteiger partial charge in [0.05, 0.1) is 11.1 Å². The van der Waals surface area contributed by atoms with Crippen LogP contribution in [0.5, 0.6) is 11.8 Å². The third-order valence-electron chi connectivity index (χ3n) is 9.82. The van der Waals surface area contributed by atoms with Gasteiger partial charge in [-0.2, -0.15) is 9.97 Å². The molecule has 10 heteroatoms. The van der Waals surface area contributed by atoms with Gasteiger partial charge in [-0.25, -0.2) is 13.2 Å². The van der Waals surface area contributed by atoms with Gasteiger partial charge >= 0.3 is 6.01 Å². The highest BCUT2D eigenvalue weighted by Gasteiger charge is 2.49. The summed E-state index contributed by atoms with van der Waals surface area (Å²) < 4.78 is 52.1. The topological polar surface area (TPSA) is 73.8 Å². The van der Waals surface area contributed by atoms with Gasteiger partial charge in [0.2, 0.25) is 0 Å². The van der Waals surface area contributed by atoms with Crippen molar-refractivity contribution in [1.82, 2.24) is 20.2 Å². The van der Waals surface area contributed by atoms with Gasteiger partial charge in [0, 0.05) is 54.5 Å². The molecular weight excluding hydrogens is 555 g/mol. The zero-order valence-corrected chi connectivity index (χ0v) is 23.4. The van der Waals surface area contributed by atoms with Gasteiger partial charge in [-0.05, 0) is 61.0 Å². The molecule has 2 unspecified atom stereocenters. The fraction of sp³-hybridized carbons (Fsp3) is 0.394. The van der Waals surface area contributed by atoms with Crippen LogP contribution in [-0.4, -0.2) is 76.6 Å². The van der Waals surface area contributed by atoms with Crippen molar-refractivity contribution in [2.45, 2.75) is 49.5 Å². The number of alkyl halides is 1. The van der Waals surface area contributed by atoms with Gasteiger partial charge in [0.1, 0.15) is 35.7 Å². The molecule has 4 fully saturated rings. The number of ether oxygens (including phenoxy) is 1. The van der Waals surface area contributed by atoms with E-state index in [2.05, 4.69) is 26.0 Å². The Morgan fingerprint density at radius 1 is 1.12 bits per heavy atom. The van der Waals surface area contributed by atoms with E-state index in [9.17, 15) is 13.9 Å². The second kappa shape index (κ2) is 9.73. The first-order valence-corrected chi connectivity index (χ1v) is 14.8. The van der Waals surface area contributed by atoms with Crippen molar-refractivity contribution in [2.24, 2.45) is 0 Å². The first-order valence-electron chi connectivity index (χ1n) is 14.8. The Labute approximate surface area is 246 Å². The molecule has 4 aliphatic heterocycles. The first-order chi connectivity index (χ1) is 20.8. The molecule has 4 aliphatic rings. The number of fused-ring (bicyclic) bond motifs is 5. The molecule has 220 valence electrons. The Kier molecular flexibility index (Phi) is 6.01. The Morgan fingerprint density at radius 3 is 2.74 bits per heavy atom. The first kappa shape index (κ1) is 26.5. The smallest absolute Gasteiger partial charge is 0.319 e.